The van der Waals surface area contributed by atoms with Crippen molar-refractivity contribution in [2.75, 3.05) is 13.2 Å². The number of hydrogen-bond donors (Lipinski definition) is 6. The maximum Gasteiger partial charge on any atom is 0.472 e. The van der Waals surface area contributed by atoms with Crippen molar-refractivity contribution in [2.45, 2.75) is 191 Å². The predicted molar refractivity (Wildman–Crippen MR) is 235 cm³/mol. The number of hydrogen-bond acceptors (Lipinski definition) is 12. The highest BCUT2D eigenvalue weighted by molar-refractivity contribution is 7.47. The van der Waals surface area contributed by atoms with Gasteiger partial charge in [0, 0.05) is 12.8 Å². The number of phosphoric ester groups is 1. The second-order valence-electron chi connectivity index (χ2n) is 15.2. The smallest absolute Gasteiger partial charge is 0.462 e. The van der Waals surface area contributed by atoms with Crippen molar-refractivity contribution in [3.63, 3.8) is 0 Å². The maximum absolute atomic E-state index is 12.8. The average Bonchev–Trinajstić information content (AvgIpc) is 3.23. The summed E-state index contributed by atoms with van der Waals surface area (Å²) < 4.78 is 33.4. The van der Waals surface area contributed by atoms with Crippen molar-refractivity contribution < 1.29 is 63.1 Å². The van der Waals surface area contributed by atoms with Gasteiger partial charge in [-0.1, -0.05) is 132 Å². The molecule has 6 N–H and O–H groups in total. The summed E-state index contributed by atoms with van der Waals surface area (Å²) >= 11 is 0. The van der Waals surface area contributed by atoms with Gasteiger partial charge in [-0.05, 0) is 77.0 Å². The monoisotopic (exact) mass is 869 g/mol. The van der Waals surface area contributed by atoms with Crippen LogP contribution in [-0.4, -0.2) is 98.3 Å². The Labute approximate surface area is 359 Å². The van der Waals surface area contributed by atoms with Gasteiger partial charge >= 0.3 is 19.8 Å². The number of rotatable bonds is 35. The van der Waals surface area contributed by atoms with Crippen LogP contribution in [-0.2, 0) is 32.7 Å². The maximum atomic E-state index is 12.8. The molecular weight excluding hydrogens is 791 g/mol. The predicted octanol–water partition coefficient (Wildman–Crippen LogP) is 8.33. The molecule has 1 saturated carbocycles. The van der Waals surface area contributed by atoms with E-state index in [0.717, 1.165) is 70.6 Å². The summed E-state index contributed by atoms with van der Waals surface area (Å²) in [6.07, 6.45) is 31.1. The molecule has 1 fully saturated rings. The Morgan fingerprint density at radius 1 is 0.533 bits per heavy atom. The molecule has 0 amide bonds. The second-order valence-corrected chi connectivity index (χ2v) is 16.6. The zero-order chi connectivity index (χ0) is 44.3. The summed E-state index contributed by atoms with van der Waals surface area (Å²) in [5.74, 6) is -1.18. The quantitative estimate of drug-likeness (QED) is 0.0153. The molecule has 0 heterocycles. The number of esters is 2. The molecule has 0 aromatic carbocycles. The Kier molecular flexibility index (Phi) is 33.0. The van der Waals surface area contributed by atoms with Gasteiger partial charge in [0.1, 0.15) is 43.2 Å². The zero-order valence-electron chi connectivity index (χ0n) is 36.2. The van der Waals surface area contributed by atoms with E-state index in [9.17, 15) is 44.6 Å². The first-order valence-electron chi connectivity index (χ1n) is 22.2. The average molecular weight is 869 g/mol. The summed E-state index contributed by atoms with van der Waals surface area (Å²) in [7, 11) is -5.13. The zero-order valence-corrected chi connectivity index (χ0v) is 37.1. The SMILES string of the molecule is CC/C=C/C/C=C/C/C=C/C/C=C/C/C=C/CCCC(=O)OC[C@@H](COP(=O)(O)OC1C(O)C(O)C(O)[C@H](O)C1O)OC(=O)CCCCCCC/C=C/CCCCCCC. The van der Waals surface area contributed by atoms with Crippen molar-refractivity contribution in [1.29, 1.82) is 0 Å². The van der Waals surface area contributed by atoms with E-state index in [4.69, 9.17) is 18.5 Å². The van der Waals surface area contributed by atoms with E-state index in [0.29, 0.717) is 19.3 Å². The lowest BCUT2D eigenvalue weighted by Gasteiger charge is -2.41. The molecule has 1 rings (SSSR count). The van der Waals surface area contributed by atoms with Crippen LogP contribution in [0.5, 0.6) is 0 Å². The van der Waals surface area contributed by atoms with Crippen LogP contribution in [0.3, 0.4) is 0 Å². The highest BCUT2D eigenvalue weighted by atomic mass is 31.2. The van der Waals surface area contributed by atoms with Crippen LogP contribution in [0.2, 0.25) is 0 Å². The van der Waals surface area contributed by atoms with Crippen LogP contribution in [0.1, 0.15) is 149 Å². The van der Waals surface area contributed by atoms with E-state index in [1.165, 1.54) is 32.1 Å². The van der Waals surface area contributed by atoms with Crippen LogP contribution in [0.15, 0.2) is 72.9 Å². The molecule has 8 atom stereocenters. The molecule has 60 heavy (non-hydrogen) atoms. The summed E-state index contributed by atoms with van der Waals surface area (Å²) in [5.41, 5.74) is 0. The molecule has 0 bridgehead atoms. The van der Waals surface area contributed by atoms with Crippen LogP contribution < -0.4 is 0 Å². The summed E-state index contributed by atoms with van der Waals surface area (Å²) in [6, 6.07) is 0. The molecule has 0 aliphatic heterocycles. The van der Waals surface area contributed by atoms with Crippen molar-refractivity contribution in [2.24, 2.45) is 0 Å². The molecule has 1 aliphatic carbocycles. The first-order valence-corrected chi connectivity index (χ1v) is 23.7. The Morgan fingerprint density at radius 3 is 1.52 bits per heavy atom. The van der Waals surface area contributed by atoms with Crippen LogP contribution in [0, 0.1) is 0 Å². The molecule has 14 heteroatoms. The van der Waals surface area contributed by atoms with Crippen LogP contribution >= 0.6 is 7.82 Å². The van der Waals surface area contributed by atoms with Gasteiger partial charge in [-0.15, -0.1) is 0 Å². The highest BCUT2D eigenvalue weighted by Gasteiger charge is 2.51. The van der Waals surface area contributed by atoms with Crippen LogP contribution in [0.25, 0.3) is 0 Å². The molecule has 1 aliphatic rings. The third kappa shape index (κ3) is 28.0. The fourth-order valence-corrected chi connectivity index (χ4v) is 7.17. The minimum absolute atomic E-state index is 0.0709. The number of carbonyl (C=O) groups is 2. The lowest BCUT2D eigenvalue weighted by molar-refractivity contribution is -0.220. The van der Waals surface area contributed by atoms with Gasteiger partial charge in [0.25, 0.3) is 0 Å². The highest BCUT2D eigenvalue weighted by Crippen LogP contribution is 2.47. The van der Waals surface area contributed by atoms with E-state index in [2.05, 4.69) is 74.6 Å². The molecule has 0 aromatic rings. The van der Waals surface area contributed by atoms with Gasteiger partial charge in [0.05, 0.1) is 6.61 Å². The molecule has 0 saturated heterocycles. The van der Waals surface area contributed by atoms with E-state index >= 15 is 0 Å². The lowest BCUT2D eigenvalue weighted by Crippen LogP contribution is -2.64. The Hall–Kier alpha value is -2.71. The first kappa shape index (κ1) is 55.3. The summed E-state index contributed by atoms with van der Waals surface area (Å²) in [4.78, 5) is 35.6. The second kappa shape index (κ2) is 35.8. The fraction of sp³-hybridized carbons (Fsp3) is 0.696. The number of ether oxygens (including phenoxy) is 2. The summed E-state index contributed by atoms with van der Waals surface area (Å²) in [6.45, 7) is 3.10. The molecule has 0 spiro atoms. The first-order chi connectivity index (χ1) is 28.9. The number of phosphoric acid groups is 1. The normalized spacial score (nSPS) is 22.9. The molecule has 6 unspecified atom stereocenters. The van der Waals surface area contributed by atoms with E-state index in [-0.39, 0.29) is 12.8 Å². The van der Waals surface area contributed by atoms with Gasteiger partial charge in [-0.2, -0.15) is 0 Å². The van der Waals surface area contributed by atoms with Gasteiger partial charge in [0.15, 0.2) is 6.10 Å². The number of unbranched alkanes of at least 4 members (excludes halogenated alkanes) is 11. The number of allylic oxidation sites excluding steroid dienone is 12. The number of carbonyl (C=O) groups excluding carboxylic acids is 2. The fourth-order valence-electron chi connectivity index (χ4n) is 6.20. The van der Waals surface area contributed by atoms with E-state index in [1.54, 1.807) is 0 Å². The van der Waals surface area contributed by atoms with Gasteiger partial charge < -0.3 is 39.9 Å². The van der Waals surface area contributed by atoms with Crippen molar-refractivity contribution >= 4 is 19.8 Å². The number of aliphatic hydroxyl groups is 5. The van der Waals surface area contributed by atoms with E-state index in [1.807, 2.05) is 12.2 Å². The minimum atomic E-state index is -5.13. The number of aliphatic hydroxyl groups excluding tert-OH is 5. The Bertz CT molecular complexity index is 1330. The minimum Gasteiger partial charge on any atom is -0.462 e. The topological polar surface area (TPSA) is 210 Å². The summed E-state index contributed by atoms with van der Waals surface area (Å²) in [5, 5.41) is 50.1. The Balaban J connectivity index is 2.53. The molecule has 13 nitrogen and oxygen atoms in total. The van der Waals surface area contributed by atoms with E-state index < -0.39 is 75.7 Å². The van der Waals surface area contributed by atoms with Gasteiger partial charge in [-0.25, -0.2) is 4.57 Å². The molecule has 344 valence electrons. The lowest BCUT2D eigenvalue weighted by atomic mass is 9.85. The Morgan fingerprint density at radius 2 is 0.967 bits per heavy atom. The molecule has 0 radical (unpaired) electrons. The van der Waals surface area contributed by atoms with Crippen molar-refractivity contribution in [1.82, 2.24) is 0 Å². The van der Waals surface area contributed by atoms with Gasteiger partial charge in [0.2, 0.25) is 0 Å². The third-order valence-electron chi connectivity index (χ3n) is 9.78. The molecule has 0 aromatic heterocycles. The van der Waals surface area contributed by atoms with Crippen molar-refractivity contribution in [3.8, 4) is 0 Å². The standard InChI is InChI=1S/C46H77O13P/c1-3-5-7-9-11-13-15-17-19-20-21-23-24-26-28-30-32-34-39(47)56-36-38(37-57-60(54,55)59-46-44(52)42(50)41(49)43(51)45(46)53)58-40(48)35-33-31-29-27-25-22-18-16-14-12-10-8-6-4-2/h5,7,11,13,16-19,21,23,26,28,38,41-46,49-53H,3-4,6,8-10,12,14-15,20,22,24-25,27,29-37H2,1-2H3,(H,54,55)/b7-5+,13-11+,18-16+,19-17+,23-21+,28-26+/t38-,41?,42-,43?,44?,45?,46?/m0/s1. The largest absolute Gasteiger partial charge is 0.472 e. The third-order valence-corrected chi connectivity index (χ3v) is 10.8. The molecular formula is C46H77O13P. The van der Waals surface area contributed by atoms with Crippen molar-refractivity contribution in [3.05, 3.63) is 72.9 Å². The van der Waals surface area contributed by atoms with Gasteiger partial charge in [-0.3, -0.25) is 18.6 Å². The van der Waals surface area contributed by atoms with Crippen LogP contribution in [0.4, 0.5) is 0 Å².